The molecular formula is C14H18N2O2. The number of benzene rings is 1. The number of aliphatic carboxylic acids is 1. The molecule has 0 aliphatic heterocycles. The summed E-state index contributed by atoms with van der Waals surface area (Å²) in [5.41, 5.74) is 2.31. The Balaban J connectivity index is 2.50. The van der Waals surface area contributed by atoms with E-state index in [1.54, 1.807) is 13.8 Å². The Bertz CT molecular complexity index is 612. The first-order valence-corrected chi connectivity index (χ1v) is 5.97. The van der Waals surface area contributed by atoms with Gasteiger partial charge in [0.25, 0.3) is 0 Å². The van der Waals surface area contributed by atoms with Crippen molar-refractivity contribution in [3.8, 4) is 0 Å². The third-order valence-corrected chi connectivity index (χ3v) is 3.38. The van der Waals surface area contributed by atoms with Crippen LogP contribution < -0.4 is 0 Å². The molecule has 0 saturated heterocycles. The fraction of sp³-hybridized carbons (Fsp3) is 0.429. The van der Waals surface area contributed by atoms with E-state index in [9.17, 15) is 9.90 Å². The number of para-hydroxylation sites is 1. The summed E-state index contributed by atoms with van der Waals surface area (Å²) < 4.78 is 1.98. The molecule has 0 atom stereocenters. The predicted molar refractivity (Wildman–Crippen MR) is 70.6 cm³/mol. The molecule has 1 aromatic carbocycles. The Hall–Kier alpha value is -1.84. The molecular weight excluding hydrogens is 228 g/mol. The van der Waals surface area contributed by atoms with Gasteiger partial charge in [-0.15, -0.1) is 0 Å². The summed E-state index contributed by atoms with van der Waals surface area (Å²) in [6, 6.07) is 6.01. The largest absolute Gasteiger partial charge is 0.481 e. The van der Waals surface area contributed by atoms with E-state index in [1.807, 2.05) is 36.7 Å². The molecule has 1 N–H and O–H groups in total. The quantitative estimate of drug-likeness (QED) is 0.905. The van der Waals surface area contributed by atoms with Crippen LogP contribution in [0.15, 0.2) is 18.2 Å². The standard InChI is InChI=1S/C14H18N2O2/c1-9-6-5-7-10-12(9)15-11(16(10)4)8-14(2,3)13(17)18/h5-7H,8H2,1-4H3,(H,17,18). The highest BCUT2D eigenvalue weighted by atomic mass is 16.4. The molecule has 0 bridgehead atoms. The number of aromatic nitrogens is 2. The van der Waals surface area contributed by atoms with Gasteiger partial charge in [0, 0.05) is 13.5 Å². The van der Waals surface area contributed by atoms with E-state index in [4.69, 9.17) is 0 Å². The molecule has 0 saturated carbocycles. The maximum Gasteiger partial charge on any atom is 0.309 e. The van der Waals surface area contributed by atoms with Crippen LogP contribution in [0.4, 0.5) is 0 Å². The number of carboxylic acids is 1. The Kier molecular flexibility index (Phi) is 2.89. The van der Waals surface area contributed by atoms with Crippen molar-refractivity contribution in [1.29, 1.82) is 0 Å². The molecule has 0 aliphatic rings. The number of hydrogen-bond donors (Lipinski definition) is 1. The predicted octanol–water partition coefficient (Wildman–Crippen LogP) is 2.54. The molecule has 1 aromatic heterocycles. The SMILES string of the molecule is Cc1cccc2c1nc(CC(C)(C)C(=O)O)n2C. The number of nitrogens with zero attached hydrogens (tertiary/aromatic N) is 2. The highest BCUT2D eigenvalue weighted by Gasteiger charge is 2.29. The van der Waals surface area contributed by atoms with E-state index < -0.39 is 11.4 Å². The first-order valence-electron chi connectivity index (χ1n) is 5.97. The maximum absolute atomic E-state index is 11.2. The van der Waals surface area contributed by atoms with Gasteiger partial charge in [-0.3, -0.25) is 4.79 Å². The van der Waals surface area contributed by atoms with Crippen molar-refractivity contribution in [2.24, 2.45) is 12.5 Å². The molecule has 0 amide bonds. The number of carbonyl (C=O) groups is 1. The highest BCUT2D eigenvalue weighted by molar-refractivity contribution is 5.80. The lowest BCUT2D eigenvalue weighted by Crippen LogP contribution is -2.27. The minimum Gasteiger partial charge on any atom is -0.481 e. The van der Waals surface area contributed by atoms with Crippen molar-refractivity contribution in [3.63, 3.8) is 0 Å². The molecule has 4 nitrogen and oxygen atoms in total. The third-order valence-electron chi connectivity index (χ3n) is 3.38. The van der Waals surface area contributed by atoms with Crippen molar-refractivity contribution >= 4 is 17.0 Å². The van der Waals surface area contributed by atoms with Gasteiger partial charge in [-0.05, 0) is 32.4 Å². The molecule has 0 spiro atoms. The van der Waals surface area contributed by atoms with Gasteiger partial charge in [-0.2, -0.15) is 0 Å². The lowest BCUT2D eigenvalue weighted by Gasteiger charge is -2.18. The first kappa shape index (κ1) is 12.6. The van der Waals surface area contributed by atoms with Crippen molar-refractivity contribution in [1.82, 2.24) is 9.55 Å². The summed E-state index contributed by atoms with van der Waals surface area (Å²) in [6.07, 6.45) is 0.424. The van der Waals surface area contributed by atoms with Gasteiger partial charge in [0.15, 0.2) is 0 Å². The zero-order valence-electron chi connectivity index (χ0n) is 11.2. The van der Waals surface area contributed by atoms with Crippen LogP contribution in [0.2, 0.25) is 0 Å². The molecule has 4 heteroatoms. The second kappa shape index (κ2) is 4.12. The number of fused-ring (bicyclic) bond motifs is 1. The summed E-state index contributed by atoms with van der Waals surface area (Å²) in [5.74, 6) is 0.0120. The lowest BCUT2D eigenvalue weighted by molar-refractivity contribution is -0.146. The topological polar surface area (TPSA) is 55.1 Å². The van der Waals surface area contributed by atoms with Crippen LogP contribution in [0.3, 0.4) is 0 Å². The van der Waals surface area contributed by atoms with Gasteiger partial charge in [0.2, 0.25) is 0 Å². The van der Waals surface area contributed by atoms with Gasteiger partial charge < -0.3 is 9.67 Å². The second-order valence-corrected chi connectivity index (χ2v) is 5.40. The Morgan fingerprint density at radius 2 is 2.11 bits per heavy atom. The van der Waals surface area contributed by atoms with Gasteiger partial charge in [0.1, 0.15) is 5.82 Å². The van der Waals surface area contributed by atoms with E-state index in [1.165, 1.54) is 0 Å². The van der Waals surface area contributed by atoms with Crippen molar-refractivity contribution < 1.29 is 9.90 Å². The summed E-state index contributed by atoms with van der Waals surface area (Å²) in [4.78, 5) is 15.8. The number of carboxylic acid groups (broad SMARTS) is 1. The van der Waals surface area contributed by atoms with Crippen LogP contribution in [-0.2, 0) is 18.3 Å². The van der Waals surface area contributed by atoms with E-state index in [2.05, 4.69) is 4.98 Å². The van der Waals surface area contributed by atoms with E-state index >= 15 is 0 Å². The average molecular weight is 246 g/mol. The number of hydrogen-bond acceptors (Lipinski definition) is 2. The zero-order chi connectivity index (χ0) is 13.5. The van der Waals surface area contributed by atoms with E-state index in [-0.39, 0.29) is 0 Å². The molecule has 18 heavy (non-hydrogen) atoms. The van der Waals surface area contributed by atoms with Crippen LogP contribution in [-0.4, -0.2) is 20.6 Å². The van der Waals surface area contributed by atoms with E-state index in [0.717, 1.165) is 22.4 Å². The first-order chi connectivity index (χ1) is 8.33. The van der Waals surface area contributed by atoms with E-state index in [0.29, 0.717) is 6.42 Å². The van der Waals surface area contributed by atoms with Crippen LogP contribution in [0, 0.1) is 12.3 Å². The summed E-state index contributed by atoms with van der Waals surface area (Å²) in [6.45, 7) is 5.46. The zero-order valence-corrected chi connectivity index (χ0v) is 11.2. The summed E-state index contributed by atoms with van der Waals surface area (Å²) in [5, 5.41) is 9.19. The summed E-state index contributed by atoms with van der Waals surface area (Å²) in [7, 11) is 1.93. The van der Waals surface area contributed by atoms with Crippen LogP contribution in [0.25, 0.3) is 11.0 Å². The normalized spacial score (nSPS) is 12.0. The molecule has 0 aliphatic carbocycles. The smallest absolute Gasteiger partial charge is 0.309 e. The van der Waals surface area contributed by atoms with Gasteiger partial charge in [-0.25, -0.2) is 4.98 Å². The fourth-order valence-corrected chi connectivity index (χ4v) is 2.03. The molecule has 96 valence electrons. The minimum absolute atomic E-state index is 0.424. The van der Waals surface area contributed by atoms with Crippen LogP contribution >= 0.6 is 0 Å². The number of aryl methyl sites for hydroxylation is 2. The van der Waals surface area contributed by atoms with Crippen molar-refractivity contribution in [2.75, 3.05) is 0 Å². The average Bonchev–Trinajstić information content (AvgIpc) is 2.58. The molecule has 2 aromatic rings. The molecule has 0 unspecified atom stereocenters. The fourth-order valence-electron chi connectivity index (χ4n) is 2.03. The van der Waals surface area contributed by atoms with Crippen molar-refractivity contribution in [3.05, 3.63) is 29.6 Å². The number of imidazole rings is 1. The van der Waals surface area contributed by atoms with Crippen LogP contribution in [0.5, 0.6) is 0 Å². The van der Waals surface area contributed by atoms with Gasteiger partial charge in [-0.1, -0.05) is 12.1 Å². The van der Waals surface area contributed by atoms with Crippen LogP contribution in [0.1, 0.15) is 25.2 Å². The van der Waals surface area contributed by atoms with Gasteiger partial charge in [0.05, 0.1) is 16.4 Å². The Labute approximate surface area is 106 Å². The monoisotopic (exact) mass is 246 g/mol. The molecule has 0 fully saturated rings. The third kappa shape index (κ3) is 1.98. The molecule has 1 heterocycles. The molecule has 0 radical (unpaired) electrons. The van der Waals surface area contributed by atoms with Gasteiger partial charge >= 0.3 is 5.97 Å². The highest BCUT2D eigenvalue weighted by Crippen LogP contribution is 2.25. The Morgan fingerprint density at radius 1 is 1.44 bits per heavy atom. The van der Waals surface area contributed by atoms with Crippen molar-refractivity contribution in [2.45, 2.75) is 27.2 Å². The molecule has 2 rings (SSSR count). The minimum atomic E-state index is -0.803. The Morgan fingerprint density at radius 3 is 2.67 bits per heavy atom. The summed E-state index contributed by atoms with van der Waals surface area (Å²) >= 11 is 0. The maximum atomic E-state index is 11.2. The lowest BCUT2D eigenvalue weighted by atomic mass is 9.89. The second-order valence-electron chi connectivity index (χ2n) is 5.40. The number of rotatable bonds is 3.